The Hall–Kier alpha value is -2.01. The topological polar surface area (TPSA) is 59.5 Å². The number of hydrogen-bond donors (Lipinski definition) is 0. The van der Waals surface area contributed by atoms with Gasteiger partial charge < -0.3 is 9.32 Å². The maximum atomic E-state index is 11.3. The predicted octanol–water partition coefficient (Wildman–Crippen LogP) is 4.01. The minimum absolute atomic E-state index is 0.0346. The molecule has 0 amide bonds. The standard InChI is InChI=1S/C14H13ClN2O3/c15-12-4-1-5-13(14(12)17(18)19)16(10-6-7-10)9-11-3-2-8-20-11/h1-5,8,10H,6-7,9H2. The van der Waals surface area contributed by atoms with Crippen molar-refractivity contribution in [1.29, 1.82) is 0 Å². The Labute approximate surface area is 120 Å². The van der Waals surface area contributed by atoms with Crippen molar-refractivity contribution >= 4 is 23.0 Å². The Morgan fingerprint density at radius 3 is 2.75 bits per heavy atom. The zero-order chi connectivity index (χ0) is 14.1. The number of rotatable bonds is 5. The molecule has 0 atom stereocenters. The minimum atomic E-state index is -0.421. The first-order chi connectivity index (χ1) is 9.66. The summed E-state index contributed by atoms with van der Waals surface area (Å²) < 4.78 is 5.35. The third kappa shape index (κ3) is 2.49. The zero-order valence-electron chi connectivity index (χ0n) is 10.7. The van der Waals surface area contributed by atoms with Crippen LogP contribution in [0, 0.1) is 10.1 Å². The van der Waals surface area contributed by atoms with Crippen LogP contribution in [0.5, 0.6) is 0 Å². The van der Waals surface area contributed by atoms with Crippen LogP contribution in [0.3, 0.4) is 0 Å². The monoisotopic (exact) mass is 292 g/mol. The number of benzene rings is 1. The maximum absolute atomic E-state index is 11.3. The number of nitro benzene ring substituents is 1. The van der Waals surface area contributed by atoms with Gasteiger partial charge in [-0.15, -0.1) is 0 Å². The van der Waals surface area contributed by atoms with Crippen LogP contribution in [-0.2, 0) is 6.54 Å². The molecule has 1 aromatic carbocycles. The lowest BCUT2D eigenvalue weighted by molar-refractivity contribution is -0.384. The van der Waals surface area contributed by atoms with Crippen molar-refractivity contribution in [2.45, 2.75) is 25.4 Å². The van der Waals surface area contributed by atoms with Crippen LogP contribution in [0.25, 0.3) is 0 Å². The van der Waals surface area contributed by atoms with E-state index < -0.39 is 4.92 Å². The summed E-state index contributed by atoms with van der Waals surface area (Å²) in [4.78, 5) is 12.8. The second-order valence-electron chi connectivity index (χ2n) is 4.80. The average Bonchev–Trinajstić information content (AvgIpc) is 3.12. The van der Waals surface area contributed by atoms with Crippen LogP contribution < -0.4 is 4.90 Å². The van der Waals surface area contributed by atoms with Crippen molar-refractivity contribution in [3.63, 3.8) is 0 Å². The third-order valence-electron chi connectivity index (χ3n) is 3.35. The molecule has 6 heteroatoms. The second-order valence-corrected chi connectivity index (χ2v) is 5.21. The fourth-order valence-electron chi connectivity index (χ4n) is 2.28. The van der Waals surface area contributed by atoms with Crippen LogP contribution in [0.1, 0.15) is 18.6 Å². The summed E-state index contributed by atoms with van der Waals surface area (Å²) in [6.45, 7) is 0.513. The fourth-order valence-corrected chi connectivity index (χ4v) is 2.52. The summed E-state index contributed by atoms with van der Waals surface area (Å²) in [7, 11) is 0. The molecule has 1 aromatic heterocycles. The summed E-state index contributed by atoms with van der Waals surface area (Å²) in [5.41, 5.74) is 0.522. The molecule has 1 aliphatic rings. The Morgan fingerprint density at radius 2 is 2.15 bits per heavy atom. The number of nitro groups is 1. The van der Waals surface area contributed by atoms with E-state index in [4.69, 9.17) is 16.0 Å². The van der Waals surface area contributed by atoms with Crippen molar-refractivity contribution in [1.82, 2.24) is 0 Å². The van der Waals surface area contributed by atoms with E-state index in [-0.39, 0.29) is 10.7 Å². The van der Waals surface area contributed by atoms with Crippen molar-refractivity contribution in [3.8, 4) is 0 Å². The molecule has 1 aliphatic carbocycles. The van der Waals surface area contributed by atoms with Gasteiger partial charge in [0.15, 0.2) is 0 Å². The molecule has 5 nitrogen and oxygen atoms in total. The molecule has 0 N–H and O–H groups in total. The SMILES string of the molecule is O=[N+]([O-])c1c(Cl)cccc1N(Cc1ccco1)C1CC1. The summed E-state index contributed by atoms with van der Waals surface area (Å²) >= 11 is 5.98. The van der Waals surface area contributed by atoms with E-state index in [1.54, 1.807) is 24.5 Å². The molecular weight excluding hydrogens is 280 g/mol. The third-order valence-corrected chi connectivity index (χ3v) is 3.66. The van der Waals surface area contributed by atoms with Gasteiger partial charge in [0, 0.05) is 6.04 Å². The molecule has 20 heavy (non-hydrogen) atoms. The number of furan rings is 1. The largest absolute Gasteiger partial charge is 0.467 e. The maximum Gasteiger partial charge on any atom is 0.310 e. The lowest BCUT2D eigenvalue weighted by Crippen LogP contribution is -2.25. The van der Waals surface area contributed by atoms with Gasteiger partial charge in [0.1, 0.15) is 16.5 Å². The van der Waals surface area contributed by atoms with E-state index in [9.17, 15) is 10.1 Å². The van der Waals surface area contributed by atoms with Gasteiger partial charge in [-0.3, -0.25) is 10.1 Å². The highest BCUT2D eigenvalue weighted by molar-refractivity contribution is 6.33. The second kappa shape index (κ2) is 5.17. The fraction of sp³-hybridized carbons (Fsp3) is 0.286. The average molecular weight is 293 g/mol. The molecule has 1 fully saturated rings. The van der Waals surface area contributed by atoms with Gasteiger partial charge in [0.05, 0.1) is 17.7 Å². The van der Waals surface area contributed by atoms with Gasteiger partial charge >= 0.3 is 5.69 Å². The molecule has 1 heterocycles. The molecule has 0 saturated heterocycles. The van der Waals surface area contributed by atoms with E-state index in [1.165, 1.54) is 0 Å². The van der Waals surface area contributed by atoms with E-state index in [1.807, 2.05) is 17.0 Å². The number of nitrogens with zero attached hydrogens (tertiary/aromatic N) is 2. The normalized spacial score (nSPS) is 14.2. The predicted molar refractivity (Wildman–Crippen MR) is 76.0 cm³/mol. The highest BCUT2D eigenvalue weighted by Gasteiger charge is 2.34. The highest BCUT2D eigenvalue weighted by atomic mass is 35.5. The first kappa shape index (κ1) is 13.0. The molecule has 0 unspecified atom stereocenters. The van der Waals surface area contributed by atoms with E-state index in [2.05, 4.69) is 0 Å². The van der Waals surface area contributed by atoms with Gasteiger partial charge in [-0.25, -0.2) is 0 Å². The van der Waals surface area contributed by atoms with Crippen LogP contribution >= 0.6 is 11.6 Å². The molecule has 0 bridgehead atoms. The van der Waals surface area contributed by atoms with E-state index in [0.717, 1.165) is 18.6 Å². The summed E-state index contributed by atoms with van der Waals surface area (Å²) in [5.74, 6) is 0.783. The van der Waals surface area contributed by atoms with Gasteiger partial charge in [-0.2, -0.15) is 0 Å². The number of hydrogen-bond acceptors (Lipinski definition) is 4. The molecule has 0 aliphatic heterocycles. The summed E-state index contributed by atoms with van der Waals surface area (Å²) in [6, 6.07) is 9.02. The summed E-state index contributed by atoms with van der Waals surface area (Å²) in [6.07, 6.45) is 3.67. The molecule has 104 valence electrons. The van der Waals surface area contributed by atoms with Crippen molar-refractivity contribution in [2.24, 2.45) is 0 Å². The number of para-hydroxylation sites is 1. The van der Waals surface area contributed by atoms with Crippen LogP contribution in [0.4, 0.5) is 11.4 Å². The Balaban J connectivity index is 1.99. The smallest absolute Gasteiger partial charge is 0.310 e. The van der Waals surface area contributed by atoms with E-state index in [0.29, 0.717) is 18.3 Å². The van der Waals surface area contributed by atoms with Gasteiger partial charge in [0.2, 0.25) is 0 Å². The van der Waals surface area contributed by atoms with Crippen LogP contribution in [-0.4, -0.2) is 11.0 Å². The molecule has 0 radical (unpaired) electrons. The van der Waals surface area contributed by atoms with Crippen molar-refractivity contribution < 1.29 is 9.34 Å². The molecule has 2 aromatic rings. The van der Waals surface area contributed by atoms with Crippen LogP contribution in [0.15, 0.2) is 41.0 Å². The number of anilines is 1. The first-order valence-corrected chi connectivity index (χ1v) is 6.76. The van der Waals surface area contributed by atoms with Crippen LogP contribution in [0.2, 0.25) is 5.02 Å². The molecule has 0 spiro atoms. The van der Waals surface area contributed by atoms with Gasteiger partial charge in [-0.1, -0.05) is 17.7 Å². The van der Waals surface area contributed by atoms with Gasteiger partial charge in [0.25, 0.3) is 0 Å². The van der Waals surface area contributed by atoms with Crippen molar-refractivity contribution in [3.05, 3.63) is 57.5 Å². The molecule has 1 saturated carbocycles. The number of halogens is 1. The van der Waals surface area contributed by atoms with E-state index >= 15 is 0 Å². The lowest BCUT2D eigenvalue weighted by atomic mass is 10.2. The van der Waals surface area contributed by atoms with Gasteiger partial charge in [-0.05, 0) is 37.1 Å². The summed E-state index contributed by atoms with van der Waals surface area (Å²) in [5, 5.41) is 11.4. The van der Waals surface area contributed by atoms with Crippen molar-refractivity contribution in [2.75, 3.05) is 4.90 Å². The molecular formula is C14H13ClN2O3. The minimum Gasteiger partial charge on any atom is -0.467 e. The Bertz CT molecular complexity index is 623. The Kier molecular flexibility index (Phi) is 3.36. The first-order valence-electron chi connectivity index (χ1n) is 6.39. The zero-order valence-corrected chi connectivity index (χ0v) is 11.4. The Morgan fingerprint density at radius 1 is 1.35 bits per heavy atom. The molecule has 3 rings (SSSR count). The lowest BCUT2D eigenvalue weighted by Gasteiger charge is -2.23. The quantitative estimate of drug-likeness (QED) is 0.617. The highest BCUT2D eigenvalue weighted by Crippen LogP contribution is 2.41.